The van der Waals surface area contributed by atoms with E-state index in [1.165, 1.54) is 36.6 Å². The van der Waals surface area contributed by atoms with Gasteiger partial charge in [-0.3, -0.25) is 0 Å². The fourth-order valence-corrected chi connectivity index (χ4v) is 2.83. The summed E-state index contributed by atoms with van der Waals surface area (Å²) in [7, 11) is 0. The first-order chi connectivity index (χ1) is 7.88. The number of aryl methyl sites for hydroxylation is 1. The molecule has 0 amide bonds. The lowest BCUT2D eigenvalue weighted by atomic mass is 9.98. The van der Waals surface area contributed by atoms with E-state index in [0.717, 1.165) is 25.4 Å². The Morgan fingerprint density at radius 2 is 2.24 bits per heavy atom. The number of halogens is 1. The zero-order valence-corrected chi connectivity index (χ0v) is 12.0. The first kappa shape index (κ1) is 14.9. The summed E-state index contributed by atoms with van der Waals surface area (Å²) in [6.07, 6.45) is 3.67. The highest BCUT2D eigenvalue weighted by molar-refractivity contribution is 7.09. The Bertz CT molecular complexity index is 310. The number of rotatable bonds is 5. The van der Waals surface area contributed by atoms with Crippen molar-refractivity contribution in [2.75, 3.05) is 19.6 Å². The molecule has 1 aromatic rings. The summed E-state index contributed by atoms with van der Waals surface area (Å²) in [5, 5.41) is 10.3. The largest absolute Gasteiger partial charge is 0.317 e. The minimum atomic E-state index is 0. The standard InChI is InChI=1S/C12H21N3S.ClH/c1-2-12-15-11(9-16-12)8-14-7-10-3-5-13-6-4-10;/h9-10,13-14H,2-8H2,1H3;1H. The molecule has 1 fully saturated rings. The molecule has 1 saturated heterocycles. The zero-order chi connectivity index (χ0) is 11.2. The Morgan fingerprint density at radius 3 is 2.88 bits per heavy atom. The predicted octanol–water partition coefficient (Wildman–Crippen LogP) is 2.22. The van der Waals surface area contributed by atoms with Crippen LogP contribution in [0.3, 0.4) is 0 Å². The fraction of sp³-hybridized carbons (Fsp3) is 0.750. The van der Waals surface area contributed by atoms with Gasteiger partial charge in [-0.25, -0.2) is 4.98 Å². The van der Waals surface area contributed by atoms with E-state index in [-0.39, 0.29) is 12.4 Å². The number of hydrogen-bond donors (Lipinski definition) is 2. The van der Waals surface area contributed by atoms with Crippen molar-refractivity contribution in [3.63, 3.8) is 0 Å². The van der Waals surface area contributed by atoms with E-state index in [4.69, 9.17) is 0 Å². The number of hydrogen-bond acceptors (Lipinski definition) is 4. The first-order valence-electron chi connectivity index (χ1n) is 6.23. The Morgan fingerprint density at radius 1 is 1.47 bits per heavy atom. The van der Waals surface area contributed by atoms with Gasteiger partial charge in [0.1, 0.15) is 0 Å². The smallest absolute Gasteiger partial charge is 0.0926 e. The highest BCUT2D eigenvalue weighted by Crippen LogP contribution is 2.12. The van der Waals surface area contributed by atoms with Crippen molar-refractivity contribution >= 4 is 23.7 Å². The van der Waals surface area contributed by atoms with Gasteiger partial charge in [-0.1, -0.05) is 6.92 Å². The first-order valence-corrected chi connectivity index (χ1v) is 7.11. The van der Waals surface area contributed by atoms with E-state index in [0.29, 0.717) is 0 Å². The number of nitrogens with zero attached hydrogens (tertiary/aromatic N) is 1. The normalized spacial score (nSPS) is 16.8. The van der Waals surface area contributed by atoms with Gasteiger partial charge in [0.05, 0.1) is 10.7 Å². The monoisotopic (exact) mass is 275 g/mol. The van der Waals surface area contributed by atoms with Gasteiger partial charge in [0.25, 0.3) is 0 Å². The van der Waals surface area contributed by atoms with Crippen LogP contribution in [0.4, 0.5) is 0 Å². The van der Waals surface area contributed by atoms with Gasteiger partial charge < -0.3 is 10.6 Å². The molecule has 17 heavy (non-hydrogen) atoms. The number of thiazole rings is 1. The quantitative estimate of drug-likeness (QED) is 0.865. The van der Waals surface area contributed by atoms with Crippen LogP contribution in [0.5, 0.6) is 0 Å². The van der Waals surface area contributed by atoms with E-state index in [1.54, 1.807) is 11.3 Å². The van der Waals surface area contributed by atoms with E-state index in [2.05, 4.69) is 27.9 Å². The van der Waals surface area contributed by atoms with Crippen LogP contribution in [0.1, 0.15) is 30.5 Å². The fourth-order valence-electron chi connectivity index (χ4n) is 2.08. The van der Waals surface area contributed by atoms with Gasteiger partial charge in [-0.05, 0) is 44.8 Å². The van der Waals surface area contributed by atoms with Crippen molar-refractivity contribution < 1.29 is 0 Å². The summed E-state index contributed by atoms with van der Waals surface area (Å²) in [6.45, 7) is 6.60. The molecule has 2 heterocycles. The lowest BCUT2D eigenvalue weighted by molar-refractivity contribution is 0.356. The summed E-state index contributed by atoms with van der Waals surface area (Å²) in [5.74, 6) is 0.852. The minimum Gasteiger partial charge on any atom is -0.317 e. The molecular weight excluding hydrogens is 254 g/mol. The molecule has 98 valence electrons. The molecule has 5 heteroatoms. The van der Waals surface area contributed by atoms with E-state index in [1.807, 2.05) is 0 Å². The molecule has 2 rings (SSSR count). The van der Waals surface area contributed by atoms with Crippen molar-refractivity contribution in [2.24, 2.45) is 5.92 Å². The van der Waals surface area contributed by atoms with Gasteiger partial charge in [0.2, 0.25) is 0 Å². The van der Waals surface area contributed by atoms with Crippen LogP contribution >= 0.6 is 23.7 Å². The average Bonchev–Trinajstić information content (AvgIpc) is 2.78. The van der Waals surface area contributed by atoms with Crippen LogP contribution in [0, 0.1) is 5.92 Å². The molecule has 1 aromatic heterocycles. The highest BCUT2D eigenvalue weighted by atomic mass is 35.5. The second kappa shape index (κ2) is 8.03. The summed E-state index contributed by atoms with van der Waals surface area (Å²) < 4.78 is 0. The number of piperidine rings is 1. The van der Waals surface area contributed by atoms with Gasteiger partial charge in [-0.2, -0.15) is 0 Å². The molecular formula is C12H22ClN3S. The average molecular weight is 276 g/mol. The lowest BCUT2D eigenvalue weighted by Crippen LogP contribution is -2.33. The van der Waals surface area contributed by atoms with Crippen LogP contribution in [-0.2, 0) is 13.0 Å². The molecule has 0 spiro atoms. The molecule has 0 bridgehead atoms. The predicted molar refractivity (Wildman–Crippen MR) is 76.0 cm³/mol. The molecule has 0 atom stereocenters. The third kappa shape index (κ3) is 4.92. The maximum atomic E-state index is 4.56. The molecule has 0 unspecified atom stereocenters. The lowest BCUT2D eigenvalue weighted by Gasteiger charge is -2.22. The Balaban J connectivity index is 0.00000144. The Hall–Kier alpha value is -0.160. The minimum absolute atomic E-state index is 0. The molecule has 2 N–H and O–H groups in total. The van der Waals surface area contributed by atoms with Crippen LogP contribution in [0.25, 0.3) is 0 Å². The van der Waals surface area contributed by atoms with Crippen molar-refractivity contribution in [3.8, 4) is 0 Å². The summed E-state index contributed by atoms with van der Waals surface area (Å²) in [6, 6.07) is 0. The Kier molecular flexibility index (Phi) is 7.04. The van der Waals surface area contributed by atoms with Crippen molar-refractivity contribution in [2.45, 2.75) is 32.7 Å². The van der Waals surface area contributed by atoms with Gasteiger partial charge >= 0.3 is 0 Å². The molecule has 0 aliphatic carbocycles. The van der Waals surface area contributed by atoms with Gasteiger partial charge in [-0.15, -0.1) is 23.7 Å². The van der Waals surface area contributed by atoms with Crippen molar-refractivity contribution in [3.05, 3.63) is 16.1 Å². The molecule has 1 aliphatic rings. The highest BCUT2D eigenvalue weighted by Gasteiger charge is 2.12. The van der Waals surface area contributed by atoms with Crippen molar-refractivity contribution in [1.29, 1.82) is 0 Å². The third-order valence-electron chi connectivity index (χ3n) is 3.10. The Labute approximate surface area is 114 Å². The van der Waals surface area contributed by atoms with Gasteiger partial charge in [0.15, 0.2) is 0 Å². The SMILES string of the molecule is CCc1nc(CNCC2CCNCC2)cs1.Cl. The number of nitrogens with one attached hydrogen (secondary N) is 2. The molecule has 1 aliphatic heterocycles. The third-order valence-corrected chi connectivity index (χ3v) is 4.14. The summed E-state index contributed by atoms with van der Waals surface area (Å²) in [4.78, 5) is 4.56. The van der Waals surface area contributed by atoms with Crippen LogP contribution < -0.4 is 10.6 Å². The maximum absolute atomic E-state index is 4.56. The molecule has 3 nitrogen and oxygen atoms in total. The summed E-state index contributed by atoms with van der Waals surface area (Å²) in [5.41, 5.74) is 1.20. The zero-order valence-electron chi connectivity index (χ0n) is 10.4. The second-order valence-corrected chi connectivity index (χ2v) is 5.35. The van der Waals surface area contributed by atoms with Crippen LogP contribution in [-0.4, -0.2) is 24.6 Å². The van der Waals surface area contributed by atoms with E-state index in [9.17, 15) is 0 Å². The van der Waals surface area contributed by atoms with Gasteiger partial charge in [0, 0.05) is 11.9 Å². The molecule has 0 radical (unpaired) electrons. The summed E-state index contributed by atoms with van der Waals surface area (Å²) >= 11 is 1.77. The van der Waals surface area contributed by atoms with E-state index < -0.39 is 0 Å². The maximum Gasteiger partial charge on any atom is 0.0926 e. The van der Waals surface area contributed by atoms with E-state index >= 15 is 0 Å². The molecule has 0 saturated carbocycles. The van der Waals surface area contributed by atoms with Crippen LogP contribution in [0.2, 0.25) is 0 Å². The number of aromatic nitrogens is 1. The van der Waals surface area contributed by atoms with Crippen molar-refractivity contribution in [1.82, 2.24) is 15.6 Å². The second-order valence-electron chi connectivity index (χ2n) is 4.41. The van der Waals surface area contributed by atoms with Crippen LogP contribution in [0.15, 0.2) is 5.38 Å². The molecule has 0 aromatic carbocycles. The topological polar surface area (TPSA) is 37.0 Å².